The maximum atomic E-state index is 13.6. The molecule has 1 atom stereocenters. The molecule has 0 heterocycles. The van der Waals surface area contributed by atoms with Crippen LogP contribution in [-0.2, 0) is 4.79 Å². The van der Waals surface area contributed by atoms with Crippen molar-refractivity contribution in [3.05, 3.63) is 59.7 Å². The number of benzene rings is 2. The lowest BCUT2D eigenvalue weighted by atomic mass is 10.1. The Hall–Kier alpha value is -2.96. The van der Waals surface area contributed by atoms with Crippen LogP contribution in [-0.4, -0.2) is 23.9 Å². The molecule has 1 saturated carbocycles. The van der Waals surface area contributed by atoms with Gasteiger partial charge in [-0.25, -0.2) is 8.78 Å². The molecule has 1 aliphatic rings. The van der Waals surface area contributed by atoms with Gasteiger partial charge in [-0.05, 0) is 56.2 Å². The van der Waals surface area contributed by atoms with Crippen LogP contribution in [0.1, 0.15) is 30.1 Å². The minimum absolute atomic E-state index is 0.125. The lowest BCUT2D eigenvalue weighted by molar-refractivity contribution is -0.116. The lowest BCUT2D eigenvalue weighted by Gasteiger charge is -2.16. The first kappa shape index (κ1) is 17.8. The molecule has 2 aromatic carbocycles. The van der Waals surface area contributed by atoms with Crippen molar-refractivity contribution in [2.75, 3.05) is 10.6 Å². The SMILES string of the molecule is CC(Nc1ccc(C(=O)NC2CC2)cc1)C(=O)Nc1c(F)cccc1F. The molecule has 136 valence electrons. The molecule has 2 aromatic rings. The van der Waals surface area contributed by atoms with Gasteiger partial charge in [-0.1, -0.05) is 6.07 Å². The van der Waals surface area contributed by atoms with Gasteiger partial charge in [-0.2, -0.15) is 0 Å². The first-order valence-corrected chi connectivity index (χ1v) is 8.36. The molecule has 1 fully saturated rings. The summed E-state index contributed by atoms with van der Waals surface area (Å²) in [6, 6.07) is 9.57. The molecule has 0 saturated heterocycles. The highest BCUT2D eigenvalue weighted by Crippen LogP contribution is 2.20. The van der Waals surface area contributed by atoms with Gasteiger partial charge in [-0.15, -0.1) is 0 Å². The molecule has 1 aliphatic carbocycles. The zero-order valence-corrected chi connectivity index (χ0v) is 14.2. The summed E-state index contributed by atoms with van der Waals surface area (Å²) in [5.41, 5.74) is 0.677. The summed E-state index contributed by atoms with van der Waals surface area (Å²) in [5, 5.41) is 8.06. The quantitative estimate of drug-likeness (QED) is 0.741. The zero-order chi connectivity index (χ0) is 18.7. The van der Waals surface area contributed by atoms with Crippen LogP contribution in [0.3, 0.4) is 0 Å². The summed E-state index contributed by atoms with van der Waals surface area (Å²) in [6.07, 6.45) is 2.03. The van der Waals surface area contributed by atoms with Gasteiger partial charge >= 0.3 is 0 Å². The van der Waals surface area contributed by atoms with Crippen molar-refractivity contribution in [2.24, 2.45) is 0 Å². The number of anilines is 2. The van der Waals surface area contributed by atoms with E-state index in [4.69, 9.17) is 0 Å². The Balaban J connectivity index is 1.59. The molecule has 5 nitrogen and oxygen atoms in total. The van der Waals surface area contributed by atoms with Crippen molar-refractivity contribution in [2.45, 2.75) is 31.8 Å². The van der Waals surface area contributed by atoms with Crippen molar-refractivity contribution in [1.29, 1.82) is 0 Å². The van der Waals surface area contributed by atoms with Crippen molar-refractivity contribution in [3.63, 3.8) is 0 Å². The van der Waals surface area contributed by atoms with Gasteiger partial charge in [0, 0.05) is 17.3 Å². The molecule has 0 spiro atoms. The average Bonchev–Trinajstić information content (AvgIpc) is 3.42. The third-order valence-corrected chi connectivity index (χ3v) is 4.05. The number of rotatable bonds is 6. The van der Waals surface area contributed by atoms with E-state index in [1.807, 2.05) is 0 Å². The molecule has 0 aromatic heterocycles. The average molecular weight is 359 g/mol. The van der Waals surface area contributed by atoms with Crippen molar-refractivity contribution < 1.29 is 18.4 Å². The Bertz CT molecular complexity index is 800. The molecule has 0 bridgehead atoms. The fourth-order valence-corrected chi connectivity index (χ4v) is 2.38. The summed E-state index contributed by atoms with van der Waals surface area (Å²) >= 11 is 0. The maximum absolute atomic E-state index is 13.6. The van der Waals surface area contributed by atoms with E-state index in [1.54, 1.807) is 31.2 Å². The van der Waals surface area contributed by atoms with E-state index in [0.717, 1.165) is 25.0 Å². The standard InChI is InChI=1S/C19H19F2N3O2/c1-11(18(25)24-17-15(20)3-2-4-16(17)21)22-13-7-5-12(6-8-13)19(26)23-14-9-10-14/h2-8,11,14,22H,9-10H2,1H3,(H,23,26)(H,24,25). The fourth-order valence-electron chi connectivity index (χ4n) is 2.38. The number of nitrogens with one attached hydrogen (secondary N) is 3. The van der Waals surface area contributed by atoms with Crippen molar-refractivity contribution in [3.8, 4) is 0 Å². The second-order valence-electron chi connectivity index (χ2n) is 6.28. The third kappa shape index (κ3) is 4.36. The minimum atomic E-state index is -0.837. The topological polar surface area (TPSA) is 70.2 Å². The van der Waals surface area contributed by atoms with Crippen molar-refractivity contribution in [1.82, 2.24) is 5.32 Å². The van der Waals surface area contributed by atoms with Gasteiger partial charge < -0.3 is 16.0 Å². The predicted molar refractivity (Wildman–Crippen MR) is 95.0 cm³/mol. The summed E-state index contributed by atoms with van der Waals surface area (Å²) < 4.78 is 27.2. The van der Waals surface area contributed by atoms with E-state index in [1.165, 1.54) is 6.07 Å². The van der Waals surface area contributed by atoms with Crippen LogP contribution in [0.2, 0.25) is 0 Å². The van der Waals surface area contributed by atoms with Crippen LogP contribution in [0.5, 0.6) is 0 Å². The van der Waals surface area contributed by atoms with Crippen LogP contribution >= 0.6 is 0 Å². The second kappa shape index (κ2) is 7.51. The van der Waals surface area contributed by atoms with E-state index >= 15 is 0 Å². The Kier molecular flexibility index (Phi) is 5.16. The first-order chi connectivity index (χ1) is 12.4. The number of hydrogen-bond acceptors (Lipinski definition) is 3. The monoisotopic (exact) mass is 359 g/mol. The highest BCUT2D eigenvalue weighted by molar-refractivity contribution is 5.97. The highest BCUT2D eigenvalue weighted by atomic mass is 19.1. The summed E-state index contributed by atoms with van der Waals surface area (Å²) in [6.45, 7) is 1.57. The largest absolute Gasteiger partial charge is 0.374 e. The van der Waals surface area contributed by atoms with E-state index in [-0.39, 0.29) is 11.9 Å². The van der Waals surface area contributed by atoms with E-state index in [2.05, 4.69) is 16.0 Å². The van der Waals surface area contributed by atoms with E-state index in [9.17, 15) is 18.4 Å². The van der Waals surface area contributed by atoms with Gasteiger partial charge in [0.2, 0.25) is 5.91 Å². The smallest absolute Gasteiger partial charge is 0.251 e. The van der Waals surface area contributed by atoms with Gasteiger partial charge in [0.05, 0.1) is 0 Å². The fraction of sp³-hybridized carbons (Fsp3) is 0.263. The molecular formula is C19H19F2N3O2. The van der Waals surface area contributed by atoms with Gasteiger partial charge in [0.15, 0.2) is 0 Å². The molecule has 0 radical (unpaired) electrons. The Morgan fingerprint density at radius 1 is 1.04 bits per heavy atom. The van der Waals surface area contributed by atoms with Crippen LogP contribution < -0.4 is 16.0 Å². The molecular weight excluding hydrogens is 340 g/mol. The normalized spacial score (nSPS) is 14.4. The first-order valence-electron chi connectivity index (χ1n) is 8.36. The number of carbonyl (C=O) groups excluding carboxylic acids is 2. The van der Waals surface area contributed by atoms with Gasteiger partial charge in [0.1, 0.15) is 23.4 Å². The predicted octanol–water partition coefficient (Wildman–Crippen LogP) is 3.30. The maximum Gasteiger partial charge on any atom is 0.251 e. The van der Waals surface area contributed by atoms with E-state index in [0.29, 0.717) is 11.3 Å². The molecule has 7 heteroatoms. The van der Waals surface area contributed by atoms with Gasteiger partial charge in [-0.3, -0.25) is 9.59 Å². The summed E-state index contributed by atoms with van der Waals surface area (Å²) in [7, 11) is 0. The number of hydrogen-bond donors (Lipinski definition) is 3. The Morgan fingerprint density at radius 3 is 2.23 bits per heavy atom. The molecule has 2 amide bonds. The highest BCUT2D eigenvalue weighted by Gasteiger charge is 2.23. The summed E-state index contributed by atoms with van der Waals surface area (Å²) in [4.78, 5) is 24.1. The van der Waals surface area contributed by atoms with Crippen LogP contribution in [0, 0.1) is 11.6 Å². The van der Waals surface area contributed by atoms with Crippen LogP contribution in [0.15, 0.2) is 42.5 Å². The van der Waals surface area contributed by atoms with Gasteiger partial charge in [0.25, 0.3) is 5.91 Å². The zero-order valence-electron chi connectivity index (χ0n) is 14.2. The number of carbonyl (C=O) groups is 2. The lowest BCUT2D eigenvalue weighted by Crippen LogP contribution is -2.32. The molecule has 1 unspecified atom stereocenters. The van der Waals surface area contributed by atoms with E-state index < -0.39 is 29.3 Å². The molecule has 0 aliphatic heterocycles. The number of halogens is 2. The minimum Gasteiger partial charge on any atom is -0.374 e. The van der Waals surface area contributed by atoms with Crippen LogP contribution in [0.25, 0.3) is 0 Å². The Morgan fingerprint density at radius 2 is 1.65 bits per heavy atom. The number of amides is 2. The van der Waals surface area contributed by atoms with Crippen LogP contribution in [0.4, 0.5) is 20.2 Å². The van der Waals surface area contributed by atoms with Crippen molar-refractivity contribution >= 4 is 23.2 Å². The number of para-hydroxylation sites is 1. The second-order valence-corrected chi connectivity index (χ2v) is 6.28. The third-order valence-electron chi connectivity index (χ3n) is 4.05. The molecule has 26 heavy (non-hydrogen) atoms. The Labute approximate surface area is 149 Å². The summed E-state index contributed by atoms with van der Waals surface area (Å²) in [5.74, 6) is -2.38. The molecule has 3 N–H and O–H groups in total. The molecule has 3 rings (SSSR count).